The van der Waals surface area contributed by atoms with Crippen molar-refractivity contribution in [2.75, 3.05) is 20.8 Å². The van der Waals surface area contributed by atoms with E-state index < -0.39 is 18.1 Å². The Kier molecular flexibility index (Phi) is 12.7. The van der Waals surface area contributed by atoms with Crippen LogP contribution in [-0.2, 0) is 19.1 Å². The number of aliphatic hydroxyl groups is 1. The molecular formula is C23H39NO5. The van der Waals surface area contributed by atoms with Gasteiger partial charge in [0.1, 0.15) is 0 Å². The standard InChI is InChI=1S/C23H39NO5/c1-5-6-8-11-18(28-3)12-9-7-10-13-21(26)24-16-20(29-4)22-19(25)15-14-17(2)23(22)27/h7,9,14,18-20,22,25H,5-6,8,10-13,15-16H2,1-4H3,(H,24,26). The Hall–Kier alpha value is -1.50. The highest BCUT2D eigenvalue weighted by Gasteiger charge is 2.37. The minimum atomic E-state index is -0.776. The van der Waals surface area contributed by atoms with Crippen molar-refractivity contribution < 1.29 is 24.2 Å². The van der Waals surface area contributed by atoms with Crippen molar-refractivity contribution in [1.29, 1.82) is 0 Å². The SMILES string of the molecule is CCCCCC(CC=CCCC(=O)NCC(OC)C1C(=O)C(C)=CCC1O)OC. The second-order valence-corrected chi connectivity index (χ2v) is 7.76. The molecule has 0 aromatic rings. The first-order chi connectivity index (χ1) is 13.9. The van der Waals surface area contributed by atoms with E-state index in [1.807, 2.05) is 6.08 Å². The molecule has 29 heavy (non-hydrogen) atoms. The molecule has 2 N–H and O–H groups in total. The van der Waals surface area contributed by atoms with Crippen molar-refractivity contribution in [3.05, 3.63) is 23.8 Å². The monoisotopic (exact) mass is 409 g/mol. The van der Waals surface area contributed by atoms with Gasteiger partial charge >= 0.3 is 0 Å². The molecule has 0 aromatic carbocycles. The van der Waals surface area contributed by atoms with E-state index in [1.54, 1.807) is 20.1 Å². The predicted octanol–water partition coefficient (Wildman–Crippen LogP) is 3.34. The Labute approximate surface area is 175 Å². The summed E-state index contributed by atoms with van der Waals surface area (Å²) in [4.78, 5) is 24.5. The van der Waals surface area contributed by atoms with Crippen LogP contribution in [0.5, 0.6) is 0 Å². The zero-order valence-electron chi connectivity index (χ0n) is 18.5. The lowest BCUT2D eigenvalue weighted by Crippen LogP contribution is -2.47. The molecule has 1 rings (SSSR count). The second kappa shape index (κ2) is 14.5. The van der Waals surface area contributed by atoms with Crippen LogP contribution in [0.3, 0.4) is 0 Å². The third-order valence-electron chi connectivity index (χ3n) is 5.54. The number of allylic oxidation sites excluding steroid dienone is 2. The van der Waals surface area contributed by atoms with E-state index in [-0.39, 0.29) is 24.3 Å². The minimum absolute atomic E-state index is 0.0899. The number of nitrogens with one attached hydrogen (secondary N) is 1. The van der Waals surface area contributed by atoms with E-state index in [0.717, 1.165) is 12.8 Å². The molecule has 4 unspecified atom stereocenters. The summed E-state index contributed by atoms with van der Waals surface area (Å²) in [5, 5.41) is 13.0. The fourth-order valence-electron chi connectivity index (χ4n) is 3.59. The molecule has 0 saturated heterocycles. The number of carbonyl (C=O) groups is 2. The van der Waals surface area contributed by atoms with E-state index in [1.165, 1.54) is 26.4 Å². The number of aliphatic hydroxyl groups excluding tert-OH is 1. The van der Waals surface area contributed by atoms with Crippen molar-refractivity contribution >= 4 is 11.7 Å². The summed E-state index contributed by atoms with van der Waals surface area (Å²) in [6.07, 6.45) is 11.8. The molecule has 4 atom stereocenters. The molecule has 0 bridgehead atoms. The molecule has 1 aliphatic rings. The normalized spacial score (nSPS) is 21.8. The highest BCUT2D eigenvalue weighted by atomic mass is 16.5. The Morgan fingerprint density at radius 3 is 2.72 bits per heavy atom. The molecule has 1 amide bonds. The first-order valence-electron chi connectivity index (χ1n) is 10.8. The van der Waals surface area contributed by atoms with E-state index in [4.69, 9.17) is 9.47 Å². The summed E-state index contributed by atoms with van der Waals surface area (Å²) in [5.74, 6) is -0.837. The van der Waals surface area contributed by atoms with Gasteiger partial charge in [-0.15, -0.1) is 0 Å². The van der Waals surface area contributed by atoms with Crippen LogP contribution in [-0.4, -0.2) is 55.9 Å². The first-order valence-corrected chi connectivity index (χ1v) is 10.8. The topological polar surface area (TPSA) is 84.9 Å². The van der Waals surface area contributed by atoms with Crippen LogP contribution in [0.25, 0.3) is 0 Å². The van der Waals surface area contributed by atoms with Crippen LogP contribution in [0, 0.1) is 5.92 Å². The van der Waals surface area contributed by atoms with Crippen molar-refractivity contribution in [1.82, 2.24) is 5.32 Å². The number of rotatable bonds is 14. The number of hydrogen-bond acceptors (Lipinski definition) is 5. The first kappa shape index (κ1) is 25.5. The second-order valence-electron chi connectivity index (χ2n) is 7.76. The average Bonchev–Trinajstić information content (AvgIpc) is 2.71. The van der Waals surface area contributed by atoms with Crippen LogP contribution in [0.2, 0.25) is 0 Å². The number of carbonyl (C=O) groups excluding carboxylic acids is 2. The van der Waals surface area contributed by atoms with Crippen molar-refractivity contribution in [2.24, 2.45) is 5.92 Å². The number of hydrogen-bond donors (Lipinski definition) is 2. The van der Waals surface area contributed by atoms with E-state index in [0.29, 0.717) is 24.8 Å². The van der Waals surface area contributed by atoms with Gasteiger partial charge in [-0.3, -0.25) is 9.59 Å². The van der Waals surface area contributed by atoms with E-state index >= 15 is 0 Å². The minimum Gasteiger partial charge on any atom is -0.392 e. The quantitative estimate of drug-likeness (QED) is 0.340. The van der Waals surface area contributed by atoms with Gasteiger partial charge < -0.3 is 19.9 Å². The molecule has 1 aliphatic carbocycles. The maximum absolute atomic E-state index is 12.3. The smallest absolute Gasteiger partial charge is 0.220 e. The van der Waals surface area contributed by atoms with Crippen LogP contribution >= 0.6 is 0 Å². The molecule has 0 aromatic heterocycles. The maximum Gasteiger partial charge on any atom is 0.220 e. The summed E-state index contributed by atoms with van der Waals surface area (Å²) in [6, 6.07) is 0. The van der Waals surface area contributed by atoms with Crippen LogP contribution in [0.1, 0.15) is 65.2 Å². The van der Waals surface area contributed by atoms with Gasteiger partial charge in [-0.2, -0.15) is 0 Å². The van der Waals surface area contributed by atoms with Gasteiger partial charge in [0.15, 0.2) is 5.78 Å². The number of ether oxygens (including phenoxy) is 2. The molecule has 6 nitrogen and oxygen atoms in total. The molecule has 0 aliphatic heterocycles. The third-order valence-corrected chi connectivity index (χ3v) is 5.54. The molecule has 0 radical (unpaired) electrons. The van der Waals surface area contributed by atoms with Gasteiger partial charge in [-0.25, -0.2) is 0 Å². The fourth-order valence-corrected chi connectivity index (χ4v) is 3.59. The summed E-state index contributed by atoms with van der Waals surface area (Å²) in [6.45, 7) is 4.15. The van der Waals surface area contributed by atoms with Crippen molar-refractivity contribution in [2.45, 2.75) is 83.5 Å². The highest BCUT2D eigenvalue weighted by molar-refractivity contribution is 5.98. The molecular weight excluding hydrogens is 370 g/mol. The molecule has 0 saturated carbocycles. The van der Waals surface area contributed by atoms with E-state index in [2.05, 4.69) is 18.3 Å². The van der Waals surface area contributed by atoms with Crippen LogP contribution < -0.4 is 5.32 Å². The number of amides is 1. The number of methoxy groups -OCH3 is 2. The number of ketones is 1. The zero-order chi connectivity index (χ0) is 21.6. The summed E-state index contributed by atoms with van der Waals surface area (Å²) >= 11 is 0. The lowest BCUT2D eigenvalue weighted by atomic mass is 9.82. The molecule has 0 fully saturated rings. The Bertz CT molecular complexity index is 557. The van der Waals surface area contributed by atoms with Gasteiger partial charge in [0.2, 0.25) is 5.91 Å². The number of unbranched alkanes of at least 4 members (excludes halogenated alkanes) is 2. The van der Waals surface area contributed by atoms with Crippen LogP contribution in [0.15, 0.2) is 23.8 Å². The number of Topliss-reactive ketones (excluding diaryl/α,β-unsaturated/α-hetero) is 1. The Balaban J connectivity index is 2.33. The van der Waals surface area contributed by atoms with Gasteiger partial charge in [-0.1, -0.05) is 44.4 Å². The van der Waals surface area contributed by atoms with Gasteiger partial charge in [0, 0.05) is 27.2 Å². The molecule has 166 valence electrons. The summed E-state index contributed by atoms with van der Waals surface area (Å²) in [5.41, 5.74) is 0.642. The fraction of sp³-hybridized carbons (Fsp3) is 0.739. The van der Waals surface area contributed by atoms with Crippen LogP contribution in [0.4, 0.5) is 0 Å². The molecule has 6 heteroatoms. The lowest BCUT2D eigenvalue weighted by molar-refractivity contribution is -0.132. The van der Waals surface area contributed by atoms with Gasteiger partial charge in [-0.05, 0) is 38.2 Å². The predicted molar refractivity (Wildman–Crippen MR) is 115 cm³/mol. The summed E-state index contributed by atoms with van der Waals surface area (Å²) in [7, 11) is 3.25. The average molecular weight is 410 g/mol. The van der Waals surface area contributed by atoms with Gasteiger partial charge in [0.05, 0.1) is 24.2 Å². The van der Waals surface area contributed by atoms with Gasteiger partial charge in [0.25, 0.3) is 0 Å². The van der Waals surface area contributed by atoms with E-state index in [9.17, 15) is 14.7 Å². The summed E-state index contributed by atoms with van der Waals surface area (Å²) < 4.78 is 10.9. The van der Waals surface area contributed by atoms with Crippen molar-refractivity contribution in [3.63, 3.8) is 0 Å². The largest absolute Gasteiger partial charge is 0.392 e. The van der Waals surface area contributed by atoms with Crippen molar-refractivity contribution in [3.8, 4) is 0 Å². The molecule has 0 heterocycles. The Morgan fingerprint density at radius 2 is 2.07 bits per heavy atom. The Morgan fingerprint density at radius 1 is 1.31 bits per heavy atom. The zero-order valence-corrected chi connectivity index (χ0v) is 18.5. The maximum atomic E-state index is 12.3. The molecule has 0 spiro atoms. The lowest BCUT2D eigenvalue weighted by Gasteiger charge is -2.31. The third kappa shape index (κ3) is 9.24. The highest BCUT2D eigenvalue weighted by Crippen LogP contribution is 2.25.